The van der Waals surface area contributed by atoms with Crippen LogP contribution in [0.4, 0.5) is 5.69 Å². The van der Waals surface area contributed by atoms with E-state index < -0.39 is 12.0 Å². The Morgan fingerprint density at radius 1 is 1.17 bits per heavy atom. The van der Waals surface area contributed by atoms with Crippen molar-refractivity contribution >= 4 is 23.3 Å². The number of amides is 1. The third-order valence-electron chi connectivity index (χ3n) is 4.55. The van der Waals surface area contributed by atoms with Crippen LogP contribution in [0.1, 0.15) is 38.5 Å². The largest absolute Gasteiger partial charge is 0.480 e. The molecular formula is C17H21N3O3. The fraction of sp³-hybridized carbons (Fsp3) is 0.471. The van der Waals surface area contributed by atoms with Gasteiger partial charge in [-0.2, -0.15) is 5.10 Å². The van der Waals surface area contributed by atoms with Gasteiger partial charge in [0.25, 0.3) is 5.91 Å². The first kappa shape index (κ1) is 15.5. The van der Waals surface area contributed by atoms with Gasteiger partial charge in [0.1, 0.15) is 11.8 Å². The van der Waals surface area contributed by atoms with Gasteiger partial charge in [-0.15, -0.1) is 0 Å². The highest BCUT2D eigenvalue weighted by molar-refractivity contribution is 6.42. The van der Waals surface area contributed by atoms with Crippen molar-refractivity contribution in [2.75, 3.05) is 5.43 Å². The highest BCUT2D eigenvalue weighted by Gasteiger charge is 2.44. The number of nitrogens with one attached hydrogen (secondary N) is 1. The van der Waals surface area contributed by atoms with E-state index >= 15 is 0 Å². The molecule has 0 radical (unpaired) electrons. The monoisotopic (exact) mass is 315 g/mol. The molecule has 2 N–H and O–H groups in total. The summed E-state index contributed by atoms with van der Waals surface area (Å²) in [6.07, 6.45) is 5.19. The first-order valence-electron chi connectivity index (χ1n) is 8.10. The maximum atomic E-state index is 12.6. The summed E-state index contributed by atoms with van der Waals surface area (Å²) >= 11 is 0. The fourth-order valence-corrected chi connectivity index (χ4v) is 3.38. The van der Waals surface area contributed by atoms with Crippen molar-refractivity contribution in [1.82, 2.24) is 4.90 Å². The molecule has 1 aromatic carbocycles. The van der Waals surface area contributed by atoms with E-state index in [1.807, 2.05) is 30.3 Å². The van der Waals surface area contributed by atoms with E-state index in [2.05, 4.69) is 10.5 Å². The molecule has 0 bridgehead atoms. The normalized spacial score (nSPS) is 24.2. The lowest BCUT2D eigenvalue weighted by atomic mass is 9.93. The zero-order valence-electron chi connectivity index (χ0n) is 12.9. The number of rotatable bonds is 4. The van der Waals surface area contributed by atoms with Crippen molar-refractivity contribution < 1.29 is 14.7 Å². The number of nitrogens with zero attached hydrogens (tertiary/aromatic N) is 2. The van der Waals surface area contributed by atoms with Crippen LogP contribution in [0.2, 0.25) is 0 Å². The van der Waals surface area contributed by atoms with Crippen molar-refractivity contribution in [3.8, 4) is 0 Å². The lowest BCUT2D eigenvalue weighted by molar-refractivity contribution is -0.147. The Morgan fingerprint density at radius 2 is 1.87 bits per heavy atom. The molecule has 3 rings (SSSR count). The predicted molar refractivity (Wildman–Crippen MR) is 87.3 cm³/mol. The number of carbonyl (C=O) groups excluding carboxylic acids is 1. The molecule has 1 aliphatic carbocycles. The van der Waals surface area contributed by atoms with Crippen molar-refractivity contribution in [3.63, 3.8) is 0 Å². The maximum Gasteiger partial charge on any atom is 0.326 e. The summed E-state index contributed by atoms with van der Waals surface area (Å²) in [6.45, 7) is 0. The van der Waals surface area contributed by atoms with Crippen LogP contribution < -0.4 is 5.43 Å². The minimum absolute atomic E-state index is 0.0294. The van der Waals surface area contributed by atoms with Gasteiger partial charge >= 0.3 is 5.97 Å². The summed E-state index contributed by atoms with van der Waals surface area (Å²) in [4.78, 5) is 25.7. The zero-order chi connectivity index (χ0) is 16.2. The number of anilines is 1. The van der Waals surface area contributed by atoms with Crippen LogP contribution in [-0.4, -0.2) is 39.7 Å². The first-order chi connectivity index (χ1) is 11.2. The molecular weight excluding hydrogens is 294 g/mol. The van der Waals surface area contributed by atoms with E-state index in [0.29, 0.717) is 5.71 Å². The van der Waals surface area contributed by atoms with Gasteiger partial charge in [-0.1, -0.05) is 37.5 Å². The zero-order valence-corrected chi connectivity index (χ0v) is 12.9. The highest BCUT2D eigenvalue weighted by atomic mass is 16.4. The molecule has 1 heterocycles. The molecule has 1 saturated heterocycles. The van der Waals surface area contributed by atoms with Crippen LogP contribution in [0.3, 0.4) is 0 Å². The Hall–Kier alpha value is -2.37. The van der Waals surface area contributed by atoms with Gasteiger partial charge in [-0.25, -0.2) is 4.79 Å². The van der Waals surface area contributed by atoms with Crippen LogP contribution in [0.25, 0.3) is 0 Å². The summed E-state index contributed by atoms with van der Waals surface area (Å²) in [7, 11) is 0. The maximum absolute atomic E-state index is 12.6. The standard InChI is InChI=1S/C17H21N3O3/c21-16-14(19-18-12-7-3-1-4-8-12)11-15(17(22)23)20(16)13-9-5-2-6-10-13/h1,3-4,7-8,13,15,18H,2,5-6,9-11H2,(H,22,23)/b19-14-. The second-order valence-corrected chi connectivity index (χ2v) is 6.10. The van der Waals surface area contributed by atoms with Gasteiger partial charge in [0.15, 0.2) is 0 Å². The third kappa shape index (κ3) is 3.36. The van der Waals surface area contributed by atoms with E-state index in [-0.39, 0.29) is 18.4 Å². The molecule has 1 amide bonds. The Kier molecular flexibility index (Phi) is 4.60. The minimum atomic E-state index is -0.950. The number of hydrogen-bond donors (Lipinski definition) is 2. The molecule has 1 saturated carbocycles. The van der Waals surface area contributed by atoms with Crippen molar-refractivity contribution in [2.45, 2.75) is 50.6 Å². The Morgan fingerprint density at radius 3 is 2.52 bits per heavy atom. The average Bonchev–Trinajstić information content (AvgIpc) is 2.92. The number of carbonyl (C=O) groups is 2. The SMILES string of the molecule is O=C(O)C1C/C(=N/Nc2ccccc2)C(=O)N1C1CCCCC1. The van der Waals surface area contributed by atoms with Crippen molar-refractivity contribution in [1.29, 1.82) is 0 Å². The molecule has 0 spiro atoms. The fourth-order valence-electron chi connectivity index (χ4n) is 3.38. The minimum Gasteiger partial charge on any atom is -0.480 e. The Bertz CT molecular complexity index is 609. The van der Waals surface area contributed by atoms with Gasteiger partial charge in [-0.05, 0) is 25.0 Å². The molecule has 0 aromatic heterocycles. The van der Waals surface area contributed by atoms with E-state index in [9.17, 15) is 14.7 Å². The van der Waals surface area contributed by atoms with Gasteiger partial charge < -0.3 is 10.0 Å². The topological polar surface area (TPSA) is 82.0 Å². The predicted octanol–water partition coefficient (Wildman–Crippen LogP) is 2.47. The van der Waals surface area contributed by atoms with E-state index in [1.165, 1.54) is 0 Å². The molecule has 1 unspecified atom stereocenters. The number of carboxylic acid groups (broad SMARTS) is 1. The van der Waals surface area contributed by atoms with Crippen LogP contribution in [0, 0.1) is 0 Å². The van der Waals surface area contributed by atoms with Crippen LogP contribution >= 0.6 is 0 Å². The number of hydrazone groups is 1. The highest BCUT2D eigenvalue weighted by Crippen LogP contribution is 2.29. The van der Waals surface area contributed by atoms with Crippen LogP contribution in [0.15, 0.2) is 35.4 Å². The molecule has 1 aromatic rings. The summed E-state index contributed by atoms with van der Waals surface area (Å²) in [6, 6.07) is 8.56. The Balaban J connectivity index is 1.77. The van der Waals surface area contributed by atoms with E-state index in [4.69, 9.17) is 0 Å². The van der Waals surface area contributed by atoms with E-state index in [1.54, 1.807) is 4.90 Å². The van der Waals surface area contributed by atoms with Gasteiger partial charge in [0.05, 0.1) is 5.69 Å². The lowest BCUT2D eigenvalue weighted by Crippen LogP contribution is -2.46. The number of hydrogen-bond acceptors (Lipinski definition) is 4. The molecule has 2 fully saturated rings. The molecule has 6 heteroatoms. The summed E-state index contributed by atoms with van der Waals surface area (Å²) in [5.74, 6) is -1.19. The van der Waals surface area contributed by atoms with Gasteiger partial charge in [-0.3, -0.25) is 10.2 Å². The van der Waals surface area contributed by atoms with Crippen LogP contribution in [-0.2, 0) is 9.59 Å². The number of aliphatic carboxylic acids is 1. The summed E-state index contributed by atoms with van der Waals surface area (Å²) < 4.78 is 0. The first-order valence-corrected chi connectivity index (χ1v) is 8.10. The number of carboxylic acids is 1. The number of para-hydroxylation sites is 1. The van der Waals surface area contributed by atoms with Crippen molar-refractivity contribution in [3.05, 3.63) is 30.3 Å². The molecule has 1 atom stereocenters. The second kappa shape index (κ2) is 6.81. The van der Waals surface area contributed by atoms with Crippen molar-refractivity contribution in [2.24, 2.45) is 5.10 Å². The second-order valence-electron chi connectivity index (χ2n) is 6.10. The van der Waals surface area contributed by atoms with Crippen LogP contribution in [0.5, 0.6) is 0 Å². The molecule has 1 aliphatic heterocycles. The molecule has 6 nitrogen and oxygen atoms in total. The smallest absolute Gasteiger partial charge is 0.326 e. The number of benzene rings is 1. The Labute approximate surface area is 135 Å². The third-order valence-corrected chi connectivity index (χ3v) is 4.55. The molecule has 122 valence electrons. The number of likely N-dealkylation sites (tertiary alicyclic amines) is 1. The molecule has 2 aliphatic rings. The quantitative estimate of drug-likeness (QED) is 0.836. The summed E-state index contributed by atoms with van der Waals surface area (Å²) in [5.41, 5.74) is 3.92. The van der Waals surface area contributed by atoms with Gasteiger partial charge in [0.2, 0.25) is 0 Å². The average molecular weight is 315 g/mol. The molecule has 23 heavy (non-hydrogen) atoms. The summed E-state index contributed by atoms with van der Waals surface area (Å²) in [5, 5.41) is 13.6. The van der Waals surface area contributed by atoms with E-state index in [0.717, 1.165) is 37.8 Å². The lowest BCUT2D eigenvalue weighted by Gasteiger charge is -2.33. The van der Waals surface area contributed by atoms with Gasteiger partial charge in [0, 0.05) is 12.5 Å².